The molecule has 0 fully saturated rings. The summed E-state index contributed by atoms with van der Waals surface area (Å²) in [5, 5.41) is 15.1. The van der Waals surface area contributed by atoms with Crippen LogP contribution in [0.4, 0.5) is 5.69 Å². The van der Waals surface area contributed by atoms with Crippen LogP contribution in [0.1, 0.15) is 16.7 Å². The number of fused-ring (bicyclic) bond motifs is 1. The van der Waals surface area contributed by atoms with Gasteiger partial charge >= 0.3 is 5.97 Å². The van der Waals surface area contributed by atoms with Crippen LogP contribution in [-0.2, 0) is 17.8 Å². The van der Waals surface area contributed by atoms with Crippen molar-refractivity contribution in [3.63, 3.8) is 0 Å². The highest BCUT2D eigenvalue weighted by molar-refractivity contribution is 6.30. The molecule has 2 N–H and O–H groups in total. The SMILES string of the molecule is O=C(O)Cc1ccc(N/N=C/c2cn(Cc3ccc(Cl)cc3)c3ccccc23)cc1. The van der Waals surface area contributed by atoms with Gasteiger partial charge in [0, 0.05) is 34.2 Å². The number of hydrogen-bond acceptors (Lipinski definition) is 3. The number of hydrogen-bond donors (Lipinski definition) is 2. The zero-order valence-electron chi connectivity index (χ0n) is 16.1. The summed E-state index contributed by atoms with van der Waals surface area (Å²) >= 11 is 6.00. The van der Waals surface area contributed by atoms with Gasteiger partial charge in [-0.05, 0) is 41.5 Å². The predicted molar refractivity (Wildman–Crippen MR) is 121 cm³/mol. The third-order valence-electron chi connectivity index (χ3n) is 4.79. The molecule has 0 unspecified atom stereocenters. The Morgan fingerprint density at radius 2 is 1.70 bits per heavy atom. The minimum Gasteiger partial charge on any atom is -0.481 e. The highest BCUT2D eigenvalue weighted by Gasteiger charge is 2.07. The molecule has 0 radical (unpaired) electrons. The van der Waals surface area contributed by atoms with Crippen molar-refractivity contribution in [1.29, 1.82) is 0 Å². The number of carboxylic acid groups (broad SMARTS) is 1. The van der Waals surface area contributed by atoms with Crippen molar-refractivity contribution in [3.8, 4) is 0 Å². The number of carboxylic acids is 1. The maximum absolute atomic E-state index is 10.8. The van der Waals surface area contributed by atoms with Crippen LogP contribution in [0.3, 0.4) is 0 Å². The molecule has 1 heterocycles. The second kappa shape index (κ2) is 8.84. The minimum atomic E-state index is -0.844. The number of hydrazone groups is 1. The number of aromatic nitrogens is 1. The van der Waals surface area contributed by atoms with Gasteiger partial charge in [0.05, 0.1) is 18.3 Å². The van der Waals surface area contributed by atoms with E-state index in [0.29, 0.717) is 0 Å². The van der Waals surface area contributed by atoms with Gasteiger partial charge in [-0.25, -0.2) is 0 Å². The summed E-state index contributed by atoms with van der Waals surface area (Å²) < 4.78 is 2.20. The molecule has 4 aromatic rings. The molecule has 0 spiro atoms. The molecule has 1 aromatic heterocycles. The number of nitrogens with one attached hydrogen (secondary N) is 1. The Labute approximate surface area is 179 Å². The second-order valence-electron chi connectivity index (χ2n) is 6.99. The fraction of sp³-hybridized carbons (Fsp3) is 0.0833. The average Bonchev–Trinajstić information content (AvgIpc) is 3.08. The fourth-order valence-corrected chi connectivity index (χ4v) is 3.47. The predicted octanol–water partition coefficient (Wildman–Crippen LogP) is 5.42. The van der Waals surface area contributed by atoms with Crippen molar-refractivity contribution in [2.75, 3.05) is 5.43 Å². The molecule has 0 atom stereocenters. The summed E-state index contributed by atoms with van der Waals surface area (Å²) in [4.78, 5) is 10.8. The lowest BCUT2D eigenvalue weighted by atomic mass is 10.1. The Morgan fingerprint density at radius 1 is 1.00 bits per heavy atom. The van der Waals surface area contributed by atoms with Crippen molar-refractivity contribution < 1.29 is 9.90 Å². The van der Waals surface area contributed by atoms with Crippen molar-refractivity contribution in [2.24, 2.45) is 5.10 Å². The smallest absolute Gasteiger partial charge is 0.307 e. The van der Waals surface area contributed by atoms with Crippen LogP contribution < -0.4 is 5.43 Å². The van der Waals surface area contributed by atoms with Crippen LogP contribution in [0.5, 0.6) is 0 Å². The van der Waals surface area contributed by atoms with E-state index in [9.17, 15) is 4.79 Å². The molecule has 6 heteroatoms. The number of halogens is 1. The lowest BCUT2D eigenvalue weighted by Crippen LogP contribution is -1.99. The zero-order valence-corrected chi connectivity index (χ0v) is 16.9. The van der Waals surface area contributed by atoms with Crippen molar-refractivity contribution >= 4 is 40.4 Å². The standard InChI is InChI=1S/C24H20ClN3O2/c25-20-9-5-18(6-10-20)15-28-16-19(22-3-1-2-4-23(22)28)14-26-27-21-11-7-17(8-12-21)13-24(29)30/h1-12,14,16,27H,13,15H2,(H,29,30)/b26-14+. The van der Waals surface area contributed by atoms with E-state index in [1.165, 1.54) is 5.56 Å². The molecular formula is C24H20ClN3O2. The first kappa shape index (κ1) is 19.7. The largest absolute Gasteiger partial charge is 0.481 e. The van der Waals surface area contributed by atoms with E-state index in [2.05, 4.69) is 33.4 Å². The van der Waals surface area contributed by atoms with Crippen LogP contribution in [0.15, 0.2) is 84.1 Å². The van der Waals surface area contributed by atoms with E-state index < -0.39 is 5.97 Å². The molecule has 3 aromatic carbocycles. The Hall–Kier alpha value is -3.57. The molecule has 30 heavy (non-hydrogen) atoms. The molecule has 0 saturated carbocycles. The molecule has 0 saturated heterocycles. The zero-order chi connectivity index (χ0) is 20.9. The fourth-order valence-electron chi connectivity index (χ4n) is 3.34. The molecule has 4 rings (SSSR count). The maximum atomic E-state index is 10.8. The quantitative estimate of drug-likeness (QED) is 0.312. The van der Waals surface area contributed by atoms with E-state index in [0.717, 1.165) is 39.3 Å². The number of carbonyl (C=O) groups is 1. The average molecular weight is 418 g/mol. The molecule has 0 amide bonds. The van der Waals surface area contributed by atoms with Gasteiger partial charge in [-0.2, -0.15) is 5.10 Å². The summed E-state index contributed by atoms with van der Waals surface area (Å²) in [5.74, 6) is -0.844. The van der Waals surface area contributed by atoms with Gasteiger partial charge in [0.2, 0.25) is 0 Å². The molecule has 0 aliphatic rings. The summed E-state index contributed by atoms with van der Waals surface area (Å²) in [6, 6.07) is 23.3. The van der Waals surface area contributed by atoms with Crippen LogP contribution in [0, 0.1) is 0 Å². The van der Waals surface area contributed by atoms with Crippen LogP contribution in [0.2, 0.25) is 5.02 Å². The first-order valence-corrected chi connectivity index (χ1v) is 9.88. The molecule has 0 aliphatic carbocycles. The molecule has 5 nitrogen and oxygen atoms in total. The molecule has 150 valence electrons. The van der Waals surface area contributed by atoms with Gasteiger partial charge in [0.25, 0.3) is 0 Å². The van der Waals surface area contributed by atoms with E-state index in [4.69, 9.17) is 16.7 Å². The monoisotopic (exact) mass is 417 g/mol. The lowest BCUT2D eigenvalue weighted by molar-refractivity contribution is -0.136. The van der Waals surface area contributed by atoms with Gasteiger partial charge < -0.3 is 9.67 Å². The third-order valence-corrected chi connectivity index (χ3v) is 5.04. The Morgan fingerprint density at radius 3 is 2.43 bits per heavy atom. The summed E-state index contributed by atoms with van der Waals surface area (Å²) in [5.41, 5.74) is 7.86. The van der Waals surface area contributed by atoms with Gasteiger partial charge in [-0.15, -0.1) is 0 Å². The number of rotatable bonds is 7. The van der Waals surface area contributed by atoms with Crippen molar-refractivity contribution in [2.45, 2.75) is 13.0 Å². The molecular weight excluding hydrogens is 398 g/mol. The van der Waals surface area contributed by atoms with Crippen molar-refractivity contribution in [1.82, 2.24) is 4.57 Å². The van der Waals surface area contributed by atoms with E-state index in [1.807, 2.05) is 48.5 Å². The second-order valence-corrected chi connectivity index (χ2v) is 7.43. The van der Waals surface area contributed by atoms with Crippen molar-refractivity contribution in [3.05, 3.63) is 101 Å². The normalized spacial score (nSPS) is 11.2. The van der Waals surface area contributed by atoms with Gasteiger partial charge in [0.1, 0.15) is 0 Å². The summed E-state index contributed by atoms with van der Waals surface area (Å²) in [6.45, 7) is 0.740. The lowest BCUT2D eigenvalue weighted by Gasteiger charge is -2.05. The number of para-hydroxylation sites is 1. The maximum Gasteiger partial charge on any atom is 0.307 e. The van der Waals surface area contributed by atoms with Gasteiger partial charge in [-0.3, -0.25) is 10.2 Å². The first-order chi connectivity index (χ1) is 14.6. The first-order valence-electron chi connectivity index (χ1n) is 9.50. The number of benzene rings is 3. The topological polar surface area (TPSA) is 66.6 Å². The Kier molecular flexibility index (Phi) is 5.82. The third kappa shape index (κ3) is 4.70. The Balaban J connectivity index is 1.52. The molecule has 0 aliphatic heterocycles. The summed E-state index contributed by atoms with van der Waals surface area (Å²) in [6.07, 6.45) is 3.89. The number of anilines is 1. The number of nitrogens with zero attached hydrogens (tertiary/aromatic N) is 2. The number of aliphatic carboxylic acids is 1. The van der Waals surface area contributed by atoms with E-state index in [1.54, 1.807) is 18.3 Å². The Bertz CT molecular complexity index is 1200. The summed E-state index contributed by atoms with van der Waals surface area (Å²) in [7, 11) is 0. The van der Waals surface area contributed by atoms with Gasteiger partial charge in [0.15, 0.2) is 0 Å². The van der Waals surface area contributed by atoms with Gasteiger partial charge in [-0.1, -0.05) is 54.1 Å². The van der Waals surface area contributed by atoms with E-state index >= 15 is 0 Å². The highest BCUT2D eigenvalue weighted by atomic mass is 35.5. The molecule has 0 bridgehead atoms. The van der Waals surface area contributed by atoms with Crippen LogP contribution in [-0.4, -0.2) is 21.9 Å². The minimum absolute atomic E-state index is 0.0106. The van der Waals surface area contributed by atoms with E-state index in [-0.39, 0.29) is 6.42 Å². The van der Waals surface area contributed by atoms with Crippen LogP contribution >= 0.6 is 11.6 Å². The van der Waals surface area contributed by atoms with Crippen LogP contribution in [0.25, 0.3) is 10.9 Å². The highest BCUT2D eigenvalue weighted by Crippen LogP contribution is 2.22.